The molecule has 0 unspecified atom stereocenters. The summed E-state index contributed by atoms with van der Waals surface area (Å²) in [6.45, 7) is 0.425. The second-order valence-corrected chi connectivity index (χ2v) is 6.78. The van der Waals surface area contributed by atoms with Crippen LogP contribution in [-0.2, 0) is 15.5 Å². The molecule has 1 heterocycles. The van der Waals surface area contributed by atoms with Gasteiger partial charge in [0.1, 0.15) is 0 Å². The fourth-order valence-electron chi connectivity index (χ4n) is 1.67. The van der Waals surface area contributed by atoms with E-state index in [1.165, 1.54) is 24.5 Å². The molecule has 0 atom stereocenters. The molecule has 1 amide bonds. The molecule has 110 valence electrons. The van der Waals surface area contributed by atoms with Crippen molar-refractivity contribution >= 4 is 25.6 Å². The van der Waals surface area contributed by atoms with Crippen LogP contribution in [0.25, 0.3) is 0 Å². The Bertz CT molecular complexity index is 718. The van der Waals surface area contributed by atoms with Crippen LogP contribution in [0.4, 0.5) is 0 Å². The van der Waals surface area contributed by atoms with Crippen molar-refractivity contribution in [3.05, 3.63) is 53.9 Å². The molecule has 0 radical (unpaired) electrons. The lowest BCUT2D eigenvalue weighted by molar-refractivity contribution is 0.0953. The highest BCUT2D eigenvalue weighted by atomic mass is 35.7. The lowest BCUT2D eigenvalue weighted by atomic mass is 10.1. The largest absolute Gasteiger partial charge is 0.352 e. The standard InChI is InChI=1S/C13H12ClN3O3S/c14-21(19,20)12-3-1-10(2-4-12)5-7-15-13(18)11-6-8-16-17-9-11/h1-4,6,8-9H,5,7H2,(H,15,18). The van der Waals surface area contributed by atoms with Crippen LogP contribution >= 0.6 is 10.7 Å². The average Bonchev–Trinajstić information content (AvgIpc) is 2.47. The molecule has 1 N–H and O–H groups in total. The predicted molar refractivity (Wildman–Crippen MR) is 77.6 cm³/mol. The molecule has 6 nitrogen and oxygen atoms in total. The molecule has 0 aliphatic rings. The highest BCUT2D eigenvalue weighted by Gasteiger charge is 2.09. The van der Waals surface area contributed by atoms with E-state index in [-0.39, 0.29) is 10.8 Å². The van der Waals surface area contributed by atoms with Gasteiger partial charge in [0.05, 0.1) is 22.9 Å². The third-order valence-electron chi connectivity index (χ3n) is 2.75. The summed E-state index contributed by atoms with van der Waals surface area (Å²) < 4.78 is 22.2. The average molecular weight is 326 g/mol. The second kappa shape index (κ2) is 6.64. The van der Waals surface area contributed by atoms with Crippen LogP contribution in [0.1, 0.15) is 15.9 Å². The Morgan fingerprint density at radius 1 is 1.14 bits per heavy atom. The molecule has 0 bridgehead atoms. The van der Waals surface area contributed by atoms with E-state index in [1.807, 2.05) is 0 Å². The number of hydrogen-bond donors (Lipinski definition) is 1. The third-order valence-corrected chi connectivity index (χ3v) is 4.12. The van der Waals surface area contributed by atoms with Gasteiger partial charge in [-0.2, -0.15) is 10.2 Å². The number of nitrogens with one attached hydrogen (secondary N) is 1. The van der Waals surface area contributed by atoms with Crippen molar-refractivity contribution in [3.8, 4) is 0 Å². The maximum Gasteiger partial charge on any atom is 0.261 e. The summed E-state index contributed by atoms with van der Waals surface area (Å²) in [5, 5.41) is 9.96. The number of hydrogen-bond acceptors (Lipinski definition) is 5. The zero-order valence-electron chi connectivity index (χ0n) is 10.9. The number of aromatic nitrogens is 2. The van der Waals surface area contributed by atoms with E-state index in [0.29, 0.717) is 18.5 Å². The van der Waals surface area contributed by atoms with E-state index in [9.17, 15) is 13.2 Å². The number of carbonyl (C=O) groups excluding carboxylic acids is 1. The molecule has 0 aliphatic heterocycles. The molecule has 0 aliphatic carbocycles. The van der Waals surface area contributed by atoms with Gasteiger partial charge in [-0.1, -0.05) is 12.1 Å². The van der Waals surface area contributed by atoms with Crippen LogP contribution in [0.15, 0.2) is 47.6 Å². The molecule has 0 saturated carbocycles. The van der Waals surface area contributed by atoms with Gasteiger partial charge in [0, 0.05) is 17.2 Å². The van der Waals surface area contributed by atoms with E-state index in [1.54, 1.807) is 18.2 Å². The summed E-state index contributed by atoms with van der Waals surface area (Å²) in [5.74, 6) is -0.232. The highest BCUT2D eigenvalue weighted by molar-refractivity contribution is 8.13. The number of halogens is 1. The third kappa shape index (κ3) is 4.51. The molecule has 2 aromatic rings. The minimum absolute atomic E-state index is 0.0554. The molecule has 8 heteroatoms. The van der Waals surface area contributed by atoms with Crippen molar-refractivity contribution < 1.29 is 13.2 Å². The van der Waals surface area contributed by atoms with E-state index >= 15 is 0 Å². The molecule has 2 rings (SSSR count). The summed E-state index contributed by atoms with van der Waals surface area (Å²) in [5.41, 5.74) is 1.33. The lowest BCUT2D eigenvalue weighted by Crippen LogP contribution is -2.25. The van der Waals surface area contributed by atoms with Gasteiger partial charge in [0.2, 0.25) is 0 Å². The van der Waals surface area contributed by atoms with Crippen LogP contribution in [0, 0.1) is 0 Å². The van der Waals surface area contributed by atoms with E-state index < -0.39 is 9.05 Å². The second-order valence-electron chi connectivity index (χ2n) is 4.22. The Morgan fingerprint density at radius 3 is 2.43 bits per heavy atom. The first-order valence-corrected chi connectivity index (χ1v) is 8.36. The van der Waals surface area contributed by atoms with Crippen LogP contribution in [0.2, 0.25) is 0 Å². The molecule has 1 aromatic heterocycles. The van der Waals surface area contributed by atoms with E-state index in [2.05, 4.69) is 15.5 Å². The molecule has 0 spiro atoms. The normalized spacial score (nSPS) is 11.1. The molecule has 0 fully saturated rings. The Morgan fingerprint density at radius 2 is 1.86 bits per heavy atom. The van der Waals surface area contributed by atoms with Gasteiger partial charge >= 0.3 is 0 Å². The maximum atomic E-state index is 11.7. The minimum Gasteiger partial charge on any atom is -0.352 e. The first-order chi connectivity index (χ1) is 9.97. The molecule has 21 heavy (non-hydrogen) atoms. The van der Waals surface area contributed by atoms with E-state index in [0.717, 1.165) is 5.56 Å². The maximum absolute atomic E-state index is 11.7. The van der Waals surface area contributed by atoms with Crippen molar-refractivity contribution in [3.63, 3.8) is 0 Å². The van der Waals surface area contributed by atoms with Gasteiger partial charge in [-0.15, -0.1) is 0 Å². The lowest BCUT2D eigenvalue weighted by Gasteiger charge is -2.05. The highest BCUT2D eigenvalue weighted by Crippen LogP contribution is 2.15. The van der Waals surface area contributed by atoms with E-state index in [4.69, 9.17) is 10.7 Å². The minimum atomic E-state index is -3.70. The molecule has 0 saturated heterocycles. The van der Waals surface area contributed by atoms with Crippen molar-refractivity contribution in [2.45, 2.75) is 11.3 Å². The topological polar surface area (TPSA) is 89.0 Å². The fraction of sp³-hybridized carbons (Fsp3) is 0.154. The monoisotopic (exact) mass is 325 g/mol. The van der Waals surface area contributed by atoms with Gasteiger partial charge in [-0.25, -0.2) is 8.42 Å². The zero-order valence-corrected chi connectivity index (χ0v) is 12.4. The zero-order chi connectivity index (χ0) is 15.3. The first-order valence-electron chi connectivity index (χ1n) is 6.05. The van der Waals surface area contributed by atoms with Crippen molar-refractivity contribution in [2.75, 3.05) is 6.54 Å². The SMILES string of the molecule is O=C(NCCc1ccc(S(=O)(=O)Cl)cc1)c1ccnnc1. The summed E-state index contributed by atoms with van der Waals surface area (Å²) in [6, 6.07) is 7.77. The van der Waals surface area contributed by atoms with Crippen LogP contribution < -0.4 is 5.32 Å². The number of carbonyl (C=O) groups is 1. The quantitative estimate of drug-likeness (QED) is 0.839. The Kier molecular flexibility index (Phi) is 4.87. The summed E-state index contributed by atoms with van der Waals surface area (Å²) in [7, 11) is 1.53. The number of rotatable bonds is 5. The predicted octanol–water partition coefficient (Wildman–Crippen LogP) is 1.38. The van der Waals surface area contributed by atoms with Gasteiger partial charge in [0.15, 0.2) is 0 Å². The Balaban J connectivity index is 1.88. The molecular weight excluding hydrogens is 314 g/mol. The van der Waals surface area contributed by atoms with Crippen molar-refractivity contribution in [2.24, 2.45) is 0 Å². The van der Waals surface area contributed by atoms with Crippen molar-refractivity contribution in [1.82, 2.24) is 15.5 Å². The summed E-state index contributed by atoms with van der Waals surface area (Å²) in [4.78, 5) is 11.8. The number of nitrogens with zero attached hydrogens (tertiary/aromatic N) is 2. The smallest absolute Gasteiger partial charge is 0.261 e. The number of benzene rings is 1. The van der Waals surface area contributed by atoms with Crippen LogP contribution in [0.3, 0.4) is 0 Å². The van der Waals surface area contributed by atoms with Gasteiger partial charge < -0.3 is 5.32 Å². The summed E-state index contributed by atoms with van der Waals surface area (Å²) in [6.07, 6.45) is 3.41. The first kappa shape index (κ1) is 15.4. The van der Waals surface area contributed by atoms with Gasteiger partial charge in [0.25, 0.3) is 15.0 Å². The summed E-state index contributed by atoms with van der Waals surface area (Å²) >= 11 is 0. The fourth-order valence-corrected chi connectivity index (χ4v) is 2.44. The molecular formula is C13H12ClN3O3S. The Hall–Kier alpha value is -1.99. The van der Waals surface area contributed by atoms with Crippen LogP contribution in [-0.4, -0.2) is 31.1 Å². The van der Waals surface area contributed by atoms with Gasteiger partial charge in [-0.05, 0) is 30.2 Å². The number of amides is 1. The Labute approximate surface area is 126 Å². The van der Waals surface area contributed by atoms with Gasteiger partial charge in [-0.3, -0.25) is 4.79 Å². The molecule has 1 aromatic carbocycles. The van der Waals surface area contributed by atoms with Crippen LogP contribution in [0.5, 0.6) is 0 Å². The van der Waals surface area contributed by atoms with Crippen molar-refractivity contribution in [1.29, 1.82) is 0 Å².